The van der Waals surface area contributed by atoms with Gasteiger partial charge in [-0.15, -0.1) is 0 Å². The minimum absolute atomic E-state index is 0.108. The molecule has 1 N–H and O–H groups in total. The second-order valence-electron chi connectivity index (χ2n) is 4.55. The Morgan fingerprint density at radius 1 is 1.00 bits per heavy atom. The number of Topliss-reactive ketones (excluding diaryl/α,β-unsaturated/α-hetero) is 1. The predicted octanol–water partition coefficient (Wildman–Crippen LogP) is 3.21. The van der Waals surface area contributed by atoms with Gasteiger partial charge in [-0.1, -0.05) is 34.5 Å². The Kier molecular flexibility index (Phi) is 7.68. The first-order chi connectivity index (χ1) is 9.99. The van der Waals surface area contributed by atoms with E-state index in [2.05, 4.69) is 15.9 Å². The number of benzene rings is 1. The van der Waals surface area contributed by atoms with Gasteiger partial charge in [0.15, 0.2) is 12.4 Å². The van der Waals surface area contributed by atoms with Crippen LogP contribution < -0.4 is 0 Å². The van der Waals surface area contributed by atoms with Crippen molar-refractivity contribution in [2.24, 2.45) is 0 Å². The van der Waals surface area contributed by atoms with Gasteiger partial charge in [-0.25, -0.2) is 0 Å². The van der Waals surface area contributed by atoms with Crippen LogP contribution in [0.2, 0.25) is 0 Å². The van der Waals surface area contributed by atoms with Crippen molar-refractivity contribution in [3.63, 3.8) is 0 Å². The van der Waals surface area contributed by atoms with Crippen molar-refractivity contribution in [1.82, 2.24) is 0 Å². The molecule has 0 aliphatic carbocycles. The summed E-state index contributed by atoms with van der Waals surface area (Å²) in [4.78, 5) is 33.5. The lowest BCUT2D eigenvalue weighted by atomic mass is 10.1. The number of carbonyl (C=O) groups is 3. The summed E-state index contributed by atoms with van der Waals surface area (Å²) in [5.41, 5.74) is 0.493. The first-order valence-corrected chi connectivity index (χ1v) is 7.44. The van der Waals surface area contributed by atoms with E-state index in [1.165, 1.54) is 0 Å². The Labute approximate surface area is 131 Å². The highest BCUT2D eigenvalue weighted by atomic mass is 79.9. The molecule has 0 amide bonds. The maximum Gasteiger partial charge on any atom is 0.306 e. The maximum atomic E-state index is 11.8. The number of carboxylic acids is 1. The number of carbonyl (C=O) groups excluding carboxylic acids is 2. The molecule has 0 saturated heterocycles. The predicted molar refractivity (Wildman–Crippen MR) is 80.2 cm³/mol. The number of aliphatic carboxylic acids is 1. The molecule has 0 unspecified atom stereocenters. The van der Waals surface area contributed by atoms with Crippen LogP contribution in [-0.4, -0.2) is 29.4 Å². The van der Waals surface area contributed by atoms with Crippen LogP contribution >= 0.6 is 15.9 Å². The molecule has 1 rings (SSSR count). The molecular formula is C15H17BrO5. The number of hydrogen-bond acceptors (Lipinski definition) is 4. The van der Waals surface area contributed by atoms with Crippen molar-refractivity contribution < 1.29 is 24.2 Å². The van der Waals surface area contributed by atoms with Crippen LogP contribution in [0.25, 0.3) is 0 Å². The van der Waals surface area contributed by atoms with Crippen LogP contribution in [0.5, 0.6) is 0 Å². The highest BCUT2D eigenvalue weighted by Gasteiger charge is 2.09. The average Bonchev–Trinajstić information content (AvgIpc) is 2.44. The largest absolute Gasteiger partial charge is 0.481 e. The fourth-order valence-electron chi connectivity index (χ4n) is 1.66. The summed E-state index contributed by atoms with van der Waals surface area (Å²) in [6.45, 7) is -0.268. The molecule has 114 valence electrons. The molecule has 5 nitrogen and oxygen atoms in total. The zero-order valence-corrected chi connectivity index (χ0v) is 13.1. The molecule has 1 aromatic carbocycles. The highest BCUT2D eigenvalue weighted by molar-refractivity contribution is 9.10. The van der Waals surface area contributed by atoms with Gasteiger partial charge in [-0.3, -0.25) is 14.4 Å². The SMILES string of the molecule is O=C(O)CCCCCC(=O)OCC(=O)c1ccc(Br)cc1. The van der Waals surface area contributed by atoms with E-state index in [1.807, 2.05) is 0 Å². The first-order valence-electron chi connectivity index (χ1n) is 6.65. The third-order valence-electron chi connectivity index (χ3n) is 2.80. The topological polar surface area (TPSA) is 80.7 Å². The summed E-state index contributed by atoms with van der Waals surface area (Å²) in [7, 11) is 0. The molecule has 0 spiro atoms. The lowest BCUT2D eigenvalue weighted by Gasteiger charge is -2.04. The molecule has 0 heterocycles. The molecule has 0 radical (unpaired) electrons. The standard InChI is InChI=1S/C15H17BrO5/c16-12-8-6-11(7-9-12)13(17)10-21-15(20)5-3-1-2-4-14(18)19/h6-9H,1-5,10H2,(H,18,19). The van der Waals surface area contributed by atoms with E-state index in [0.717, 1.165) is 4.47 Å². The van der Waals surface area contributed by atoms with Crippen LogP contribution in [0.1, 0.15) is 42.5 Å². The third kappa shape index (κ3) is 7.60. The van der Waals surface area contributed by atoms with Crippen LogP contribution in [0.3, 0.4) is 0 Å². The lowest BCUT2D eigenvalue weighted by molar-refractivity contribution is -0.142. The molecule has 1 aromatic rings. The lowest BCUT2D eigenvalue weighted by Crippen LogP contribution is -2.13. The number of esters is 1. The third-order valence-corrected chi connectivity index (χ3v) is 3.33. The number of rotatable bonds is 9. The van der Waals surface area contributed by atoms with Gasteiger partial charge in [-0.2, -0.15) is 0 Å². The molecular weight excluding hydrogens is 340 g/mol. The van der Waals surface area contributed by atoms with Gasteiger partial charge >= 0.3 is 11.9 Å². The van der Waals surface area contributed by atoms with Crippen molar-refractivity contribution in [3.8, 4) is 0 Å². The van der Waals surface area contributed by atoms with Crippen molar-refractivity contribution in [2.75, 3.05) is 6.61 Å². The van der Waals surface area contributed by atoms with Gasteiger partial charge in [0.25, 0.3) is 0 Å². The molecule has 0 aliphatic heterocycles. The molecule has 0 saturated carbocycles. The van der Waals surface area contributed by atoms with Gasteiger partial charge in [0.2, 0.25) is 0 Å². The summed E-state index contributed by atoms with van der Waals surface area (Å²) >= 11 is 3.27. The van der Waals surface area contributed by atoms with Gasteiger partial charge in [0.05, 0.1) is 0 Å². The van der Waals surface area contributed by atoms with E-state index in [1.54, 1.807) is 24.3 Å². The molecule has 0 aromatic heterocycles. The number of unbranched alkanes of at least 4 members (excludes halogenated alkanes) is 2. The van der Waals surface area contributed by atoms with Crippen molar-refractivity contribution in [3.05, 3.63) is 34.3 Å². The van der Waals surface area contributed by atoms with Crippen molar-refractivity contribution >= 4 is 33.7 Å². The molecule has 0 atom stereocenters. The summed E-state index contributed by atoms with van der Waals surface area (Å²) in [5, 5.41) is 8.46. The normalized spacial score (nSPS) is 10.1. The van der Waals surface area contributed by atoms with Crippen LogP contribution in [-0.2, 0) is 14.3 Å². The van der Waals surface area contributed by atoms with Gasteiger partial charge in [0, 0.05) is 22.9 Å². The van der Waals surface area contributed by atoms with Crippen LogP contribution in [0.15, 0.2) is 28.7 Å². The molecule has 6 heteroatoms. The average molecular weight is 357 g/mol. The Morgan fingerprint density at radius 2 is 1.62 bits per heavy atom. The van der Waals surface area contributed by atoms with E-state index in [4.69, 9.17) is 9.84 Å². The van der Waals surface area contributed by atoms with Gasteiger partial charge in [0.1, 0.15) is 0 Å². The summed E-state index contributed by atoms with van der Waals surface area (Å²) in [6, 6.07) is 6.81. The zero-order chi connectivity index (χ0) is 15.7. The van der Waals surface area contributed by atoms with Gasteiger partial charge < -0.3 is 9.84 Å². The second kappa shape index (κ2) is 9.28. The Morgan fingerprint density at radius 3 is 2.24 bits per heavy atom. The summed E-state index contributed by atoms with van der Waals surface area (Å²) in [6.07, 6.45) is 2.07. The smallest absolute Gasteiger partial charge is 0.306 e. The summed E-state index contributed by atoms with van der Waals surface area (Å²) in [5.74, 6) is -1.52. The van der Waals surface area contributed by atoms with Crippen molar-refractivity contribution in [2.45, 2.75) is 32.1 Å². The fraction of sp³-hybridized carbons (Fsp3) is 0.400. The van der Waals surface area contributed by atoms with Gasteiger partial charge in [-0.05, 0) is 25.0 Å². The Hall–Kier alpha value is -1.69. The quantitative estimate of drug-likeness (QED) is 0.417. The Balaban J connectivity index is 2.19. The van der Waals surface area contributed by atoms with E-state index in [9.17, 15) is 14.4 Å². The van der Waals surface area contributed by atoms with E-state index >= 15 is 0 Å². The first kappa shape index (κ1) is 17.4. The zero-order valence-electron chi connectivity index (χ0n) is 11.5. The minimum atomic E-state index is -0.835. The number of halogens is 1. The molecule has 0 bridgehead atoms. The number of carboxylic acid groups (broad SMARTS) is 1. The van der Waals surface area contributed by atoms with E-state index < -0.39 is 11.9 Å². The van der Waals surface area contributed by atoms with Crippen LogP contribution in [0, 0.1) is 0 Å². The monoisotopic (exact) mass is 356 g/mol. The van der Waals surface area contributed by atoms with E-state index in [-0.39, 0.29) is 25.2 Å². The molecule has 0 fully saturated rings. The molecule has 0 aliphatic rings. The molecule has 21 heavy (non-hydrogen) atoms. The maximum absolute atomic E-state index is 11.8. The Bertz CT molecular complexity index is 495. The number of ketones is 1. The fourth-order valence-corrected chi connectivity index (χ4v) is 1.92. The number of hydrogen-bond donors (Lipinski definition) is 1. The van der Waals surface area contributed by atoms with Crippen molar-refractivity contribution in [1.29, 1.82) is 0 Å². The summed E-state index contributed by atoms with van der Waals surface area (Å²) < 4.78 is 5.77. The minimum Gasteiger partial charge on any atom is -0.481 e. The van der Waals surface area contributed by atoms with Crippen LogP contribution in [0.4, 0.5) is 0 Å². The highest BCUT2D eigenvalue weighted by Crippen LogP contribution is 2.11. The van der Waals surface area contributed by atoms with E-state index in [0.29, 0.717) is 24.8 Å². The number of ether oxygens (including phenoxy) is 1. The second-order valence-corrected chi connectivity index (χ2v) is 5.46.